The molecule has 0 aromatic heterocycles. The van der Waals surface area contributed by atoms with Crippen molar-refractivity contribution in [3.05, 3.63) is 35.4 Å². The summed E-state index contributed by atoms with van der Waals surface area (Å²) in [7, 11) is 0. The maximum atomic E-state index is 8.97. The molecule has 0 bridgehead atoms. The van der Waals surface area contributed by atoms with Crippen LogP contribution in [0.25, 0.3) is 0 Å². The van der Waals surface area contributed by atoms with Gasteiger partial charge in [-0.1, -0.05) is 18.2 Å². The van der Waals surface area contributed by atoms with Crippen LogP contribution < -0.4 is 0 Å². The number of nitrogens with zero attached hydrogens (tertiary/aromatic N) is 1. The van der Waals surface area contributed by atoms with Crippen LogP contribution in [0.3, 0.4) is 0 Å². The predicted octanol–water partition coefficient (Wildman–Crippen LogP) is 2.45. The van der Waals surface area contributed by atoms with E-state index in [0.717, 1.165) is 31.6 Å². The van der Waals surface area contributed by atoms with Gasteiger partial charge in [0.2, 0.25) is 0 Å². The molecule has 2 nitrogen and oxygen atoms in total. The Morgan fingerprint density at radius 2 is 1.93 bits per heavy atom. The standard InChI is InChI=1S/C12H13NO/c13-9-11-3-1-2-4-12(11)10-5-7-14-8-6-10/h1-4,10H,5-8H2. The quantitative estimate of drug-likeness (QED) is 0.676. The largest absolute Gasteiger partial charge is 0.381 e. The lowest BCUT2D eigenvalue weighted by Crippen LogP contribution is -2.14. The Hall–Kier alpha value is -1.33. The number of rotatable bonds is 1. The summed E-state index contributed by atoms with van der Waals surface area (Å²) in [6.45, 7) is 1.65. The summed E-state index contributed by atoms with van der Waals surface area (Å²) in [5.74, 6) is 0.514. The minimum atomic E-state index is 0.514. The van der Waals surface area contributed by atoms with Gasteiger partial charge in [0.05, 0.1) is 11.6 Å². The average molecular weight is 187 g/mol. The smallest absolute Gasteiger partial charge is 0.0994 e. The lowest BCUT2D eigenvalue weighted by Gasteiger charge is -2.22. The van der Waals surface area contributed by atoms with E-state index in [1.54, 1.807) is 0 Å². The van der Waals surface area contributed by atoms with E-state index in [1.807, 2.05) is 18.2 Å². The molecule has 1 saturated heterocycles. The lowest BCUT2D eigenvalue weighted by molar-refractivity contribution is 0.0853. The summed E-state index contributed by atoms with van der Waals surface area (Å²) in [5, 5.41) is 8.97. The van der Waals surface area contributed by atoms with E-state index in [4.69, 9.17) is 10.00 Å². The summed E-state index contributed by atoms with van der Waals surface area (Å²) in [6.07, 6.45) is 2.08. The van der Waals surface area contributed by atoms with E-state index in [9.17, 15) is 0 Å². The van der Waals surface area contributed by atoms with E-state index in [0.29, 0.717) is 5.92 Å². The van der Waals surface area contributed by atoms with Crippen molar-refractivity contribution in [2.75, 3.05) is 13.2 Å². The third kappa shape index (κ3) is 1.78. The number of hydrogen-bond donors (Lipinski definition) is 0. The first kappa shape index (κ1) is 9.23. The molecule has 0 saturated carbocycles. The van der Waals surface area contributed by atoms with Crippen molar-refractivity contribution in [1.29, 1.82) is 5.26 Å². The molecule has 0 radical (unpaired) electrons. The number of nitriles is 1. The molecule has 0 aliphatic carbocycles. The minimum absolute atomic E-state index is 0.514. The fourth-order valence-corrected chi connectivity index (χ4v) is 1.96. The van der Waals surface area contributed by atoms with Crippen molar-refractivity contribution in [2.24, 2.45) is 0 Å². The molecule has 14 heavy (non-hydrogen) atoms. The lowest BCUT2D eigenvalue weighted by atomic mass is 9.89. The van der Waals surface area contributed by atoms with Gasteiger partial charge in [-0.15, -0.1) is 0 Å². The van der Waals surface area contributed by atoms with Gasteiger partial charge in [0.15, 0.2) is 0 Å². The predicted molar refractivity (Wildman–Crippen MR) is 54.0 cm³/mol. The van der Waals surface area contributed by atoms with Gasteiger partial charge in [0.1, 0.15) is 0 Å². The van der Waals surface area contributed by atoms with Crippen LogP contribution in [0.15, 0.2) is 24.3 Å². The SMILES string of the molecule is N#Cc1ccccc1C1CCOCC1. The van der Waals surface area contributed by atoms with Crippen molar-refractivity contribution in [1.82, 2.24) is 0 Å². The summed E-state index contributed by atoms with van der Waals surface area (Å²) in [5.41, 5.74) is 2.01. The molecule has 0 spiro atoms. The Labute approximate surface area is 84.1 Å². The number of benzene rings is 1. The molecule has 1 aromatic rings. The second-order valence-electron chi connectivity index (χ2n) is 3.59. The molecule has 72 valence electrons. The average Bonchev–Trinajstić information content (AvgIpc) is 2.30. The van der Waals surface area contributed by atoms with Gasteiger partial charge in [-0.3, -0.25) is 0 Å². The number of hydrogen-bond acceptors (Lipinski definition) is 2. The highest BCUT2D eigenvalue weighted by molar-refractivity contribution is 5.39. The van der Waals surface area contributed by atoms with E-state index in [1.165, 1.54) is 5.56 Å². The van der Waals surface area contributed by atoms with Crippen LogP contribution in [-0.4, -0.2) is 13.2 Å². The van der Waals surface area contributed by atoms with Crippen LogP contribution in [0.2, 0.25) is 0 Å². The Balaban J connectivity index is 2.26. The Morgan fingerprint density at radius 1 is 1.21 bits per heavy atom. The molecule has 1 fully saturated rings. The monoisotopic (exact) mass is 187 g/mol. The highest BCUT2D eigenvalue weighted by atomic mass is 16.5. The summed E-state index contributed by atoms with van der Waals surface area (Å²) < 4.78 is 5.31. The second kappa shape index (κ2) is 4.26. The molecule has 0 unspecified atom stereocenters. The normalized spacial score (nSPS) is 17.6. The zero-order valence-corrected chi connectivity index (χ0v) is 8.07. The van der Waals surface area contributed by atoms with Crippen molar-refractivity contribution < 1.29 is 4.74 Å². The van der Waals surface area contributed by atoms with Crippen LogP contribution in [0.1, 0.15) is 29.9 Å². The first-order chi connectivity index (χ1) is 6.92. The molecule has 1 aliphatic rings. The van der Waals surface area contributed by atoms with E-state index < -0.39 is 0 Å². The van der Waals surface area contributed by atoms with E-state index >= 15 is 0 Å². The molecule has 2 rings (SSSR count). The second-order valence-corrected chi connectivity index (χ2v) is 3.59. The fraction of sp³-hybridized carbons (Fsp3) is 0.417. The van der Waals surface area contributed by atoms with Gasteiger partial charge in [0, 0.05) is 13.2 Å². The van der Waals surface area contributed by atoms with Gasteiger partial charge in [-0.2, -0.15) is 5.26 Å². The summed E-state index contributed by atoms with van der Waals surface area (Å²) >= 11 is 0. The van der Waals surface area contributed by atoms with Crippen LogP contribution in [0.5, 0.6) is 0 Å². The molecular weight excluding hydrogens is 174 g/mol. The molecule has 0 N–H and O–H groups in total. The van der Waals surface area contributed by atoms with Crippen molar-refractivity contribution in [2.45, 2.75) is 18.8 Å². The first-order valence-electron chi connectivity index (χ1n) is 4.98. The van der Waals surface area contributed by atoms with E-state index in [2.05, 4.69) is 12.1 Å². The molecule has 1 heterocycles. The Kier molecular flexibility index (Phi) is 2.81. The highest BCUT2D eigenvalue weighted by Crippen LogP contribution is 2.28. The van der Waals surface area contributed by atoms with Crippen LogP contribution in [0.4, 0.5) is 0 Å². The van der Waals surface area contributed by atoms with Crippen molar-refractivity contribution in [3.63, 3.8) is 0 Å². The number of ether oxygens (including phenoxy) is 1. The maximum absolute atomic E-state index is 8.97. The Bertz CT molecular complexity index is 348. The van der Waals surface area contributed by atoms with Gasteiger partial charge in [-0.25, -0.2) is 0 Å². The van der Waals surface area contributed by atoms with Gasteiger partial charge in [-0.05, 0) is 30.4 Å². The summed E-state index contributed by atoms with van der Waals surface area (Å²) in [6, 6.07) is 10.1. The van der Waals surface area contributed by atoms with E-state index in [-0.39, 0.29) is 0 Å². The molecule has 2 heteroatoms. The minimum Gasteiger partial charge on any atom is -0.381 e. The fourth-order valence-electron chi connectivity index (χ4n) is 1.96. The summed E-state index contributed by atoms with van der Waals surface area (Å²) in [4.78, 5) is 0. The molecular formula is C12H13NO. The third-order valence-electron chi connectivity index (χ3n) is 2.74. The van der Waals surface area contributed by atoms with Gasteiger partial charge in [0.25, 0.3) is 0 Å². The Morgan fingerprint density at radius 3 is 2.64 bits per heavy atom. The van der Waals surface area contributed by atoms with Crippen LogP contribution in [0, 0.1) is 11.3 Å². The molecule has 1 aliphatic heterocycles. The van der Waals surface area contributed by atoms with Crippen LogP contribution in [-0.2, 0) is 4.74 Å². The third-order valence-corrected chi connectivity index (χ3v) is 2.74. The molecule has 1 aromatic carbocycles. The van der Waals surface area contributed by atoms with Gasteiger partial charge >= 0.3 is 0 Å². The molecule has 0 amide bonds. The van der Waals surface area contributed by atoms with Crippen molar-refractivity contribution >= 4 is 0 Å². The van der Waals surface area contributed by atoms with Gasteiger partial charge < -0.3 is 4.74 Å². The first-order valence-corrected chi connectivity index (χ1v) is 4.98. The van der Waals surface area contributed by atoms with Crippen molar-refractivity contribution in [3.8, 4) is 6.07 Å². The van der Waals surface area contributed by atoms with Crippen LogP contribution >= 0.6 is 0 Å². The zero-order valence-electron chi connectivity index (χ0n) is 8.07. The zero-order chi connectivity index (χ0) is 9.80. The topological polar surface area (TPSA) is 33.0 Å². The maximum Gasteiger partial charge on any atom is 0.0994 e. The highest BCUT2D eigenvalue weighted by Gasteiger charge is 2.17. The molecule has 0 atom stereocenters.